The predicted octanol–water partition coefficient (Wildman–Crippen LogP) is 2.17. The van der Waals surface area contributed by atoms with Crippen LogP contribution in [0, 0.1) is 0 Å². The molecule has 1 aromatic rings. The Kier molecular flexibility index (Phi) is 4.24. The molecule has 15 heavy (non-hydrogen) atoms. The minimum Gasteiger partial charge on any atom is -0.380 e. The monoisotopic (exact) mass is 227 g/mol. The van der Waals surface area contributed by atoms with Crippen LogP contribution < -0.4 is 16.0 Å². The zero-order valence-electron chi connectivity index (χ0n) is 9.42. The number of anilines is 2. The molecule has 0 fully saturated rings. The highest BCUT2D eigenvalue weighted by atomic mass is 35.5. The summed E-state index contributed by atoms with van der Waals surface area (Å²) in [5, 5.41) is 4.08. The summed E-state index contributed by atoms with van der Waals surface area (Å²) in [6.45, 7) is 2.64. The summed E-state index contributed by atoms with van der Waals surface area (Å²) in [4.78, 5) is 1.99. The third-order valence-corrected chi connectivity index (χ3v) is 2.49. The molecule has 0 aliphatic rings. The number of halogens is 1. The van der Waals surface area contributed by atoms with E-state index < -0.39 is 0 Å². The number of hydrogen-bond donors (Lipinski definition) is 2. The zero-order valence-corrected chi connectivity index (χ0v) is 10.2. The smallest absolute Gasteiger partial charge is 0.0786 e. The van der Waals surface area contributed by atoms with Crippen LogP contribution in [0.2, 0.25) is 5.02 Å². The fraction of sp³-hybridized carbons (Fsp3) is 0.455. The molecule has 3 N–H and O–H groups in total. The predicted molar refractivity (Wildman–Crippen MR) is 67.9 cm³/mol. The summed E-state index contributed by atoms with van der Waals surface area (Å²) in [5.74, 6) is 0. The van der Waals surface area contributed by atoms with Crippen molar-refractivity contribution in [2.45, 2.75) is 13.0 Å². The van der Waals surface area contributed by atoms with E-state index in [0.29, 0.717) is 6.54 Å². The van der Waals surface area contributed by atoms with Crippen LogP contribution in [-0.2, 0) is 0 Å². The van der Waals surface area contributed by atoms with Crippen LogP contribution >= 0.6 is 11.6 Å². The third-order valence-electron chi connectivity index (χ3n) is 2.19. The second kappa shape index (κ2) is 5.24. The number of nitrogens with two attached hydrogens (primary N) is 1. The first-order valence-electron chi connectivity index (χ1n) is 4.98. The summed E-state index contributed by atoms with van der Waals surface area (Å²) in [6.07, 6.45) is 0. The van der Waals surface area contributed by atoms with Gasteiger partial charge in [-0.3, -0.25) is 0 Å². The minimum absolute atomic E-state index is 0.238. The molecule has 0 aromatic heterocycles. The maximum atomic E-state index is 6.14. The minimum atomic E-state index is 0.238. The summed E-state index contributed by atoms with van der Waals surface area (Å²) in [5.41, 5.74) is 7.59. The van der Waals surface area contributed by atoms with Gasteiger partial charge in [0.2, 0.25) is 0 Å². The number of hydrogen-bond acceptors (Lipinski definition) is 3. The van der Waals surface area contributed by atoms with Crippen LogP contribution in [0.15, 0.2) is 18.2 Å². The van der Waals surface area contributed by atoms with E-state index in [0.717, 1.165) is 16.4 Å². The first kappa shape index (κ1) is 12.1. The molecular weight excluding hydrogens is 210 g/mol. The summed E-state index contributed by atoms with van der Waals surface area (Å²) in [6, 6.07) is 6.06. The lowest BCUT2D eigenvalue weighted by Crippen LogP contribution is -2.26. The first-order chi connectivity index (χ1) is 7.06. The lowest BCUT2D eigenvalue weighted by Gasteiger charge is -2.22. The second-order valence-electron chi connectivity index (χ2n) is 3.81. The molecule has 0 saturated heterocycles. The molecule has 0 amide bonds. The van der Waals surface area contributed by atoms with Gasteiger partial charge in [0.25, 0.3) is 0 Å². The van der Waals surface area contributed by atoms with Gasteiger partial charge in [-0.2, -0.15) is 0 Å². The van der Waals surface area contributed by atoms with Gasteiger partial charge in [0.15, 0.2) is 0 Å². The van der Waals surface area contributed by atoms with Crippen molar-refractivity contribution in [1.29, 1.82) is 0 Å². The average molecular weight is 228 g/mol. The van der Waals surface area contributed by atoms with Gasteiger partial charge in [0.05, 0.1) is 16.4 Å². The Balaban J connectivity index is 3.00. The van der Waals surface area contributed by atoms with Crippen LogP contribution in [-0.4, -0.2) is 26.7 Å². The molecule has 0 heterocycles. The van der Waals surface area contributed by atoms with E-state index in [1.165, 1.54) is 0 Å². The van der Waals surface area contributed by atoms with E-state index in [-0.39, 0.29) is 6.04 Å². The van der Waals surface area contributed by atoms with Crippen LogP contribution in [0.1, 0.15) is 6.92 Å². The number of nitrogens with zero attached hydrogens (tertiary/aromatic N) is 1. The van der Waals surface area contributed by atoms with Gasteiger partial charge in [-0.05, 0) is 19.1 Å². The van der Waals surface area contributed by atoms with Crippen molar-refractivity contribution in [2.24, 2.45) is 5.73 Å². The van der Waals surface area contributed by atoms with Gasteiger partial charge in [0, 0.05) is 26.7 Å². The van der Waals surface area contributed by atoms with Crippen LogP contribution in [0.5, 0.6) is 0 Å². The molecule has 0 radical (unpaired) electrons. The molecule has 1 rings (SSSR count). The van der Waals surface area contributed by atoms with E-state index in [2.05, 4.69) is 5.32 Å². The molecule has 0 bridgehead atoms. The van der Waals surface area contributed by atoms with Gasteiger partial charge < -0.3 is 16.0 Å². The van der Waals surface area contributed by atoms with Gasteiger partial charge in [-0.1, -0.05) is 17.7 Å². The molecule has 0 saturated carbocycles. The van der Waals surface area contributed by atoms with Gasteiger partial charge in [0.1, 0.15) is 0 Å². The number of para-hydroxylation sites is 1. The Labute approximate surface area is 96.2 Å². The Hall–Kier alpha value is -0.930. The van der Waals surface area contributed by atoms with E-state index in [4.69, 9.17) is 17.3 Å². The highest BCUT2D eigenvalue weighted by Gasteiger charge is 2.10. The SMILES string of the molecule is CC(CN)Nc1cccc(Cl)c1N(C)C. The fourth-order valence-electron chi connectivity index (χ4n) is 1.41. The fourth-order valence-corrected chi connectivity index (χ4v) is 1.75. The molecule has 84 valence electrons. The molecule has 0 spiro atoms. The Bertz CT molecular complexity index is 326. The lowest BCUT2D eigenvalue weighted by atomic mass is 10.2. The topological polar surface area (TPSA) is 41.3 Å². The largest absolute Gasteiger partial charge is 0.380 e. The second-order valence-corrected chi connectivity index (χ2v) is 4.22. The van der Waals surface area contributed by atoms with Gasteiger partial charge in [-0.25, -0.2) is 0 Å². The van der Waals surface area contributed by atoms with Crippen molar-refractivity contribution < 1.29 is 0 Å². The molecule has 1 atom stereocenters. The molecular formula is C11H18ClN3. The van der Waals surface area contributed by atoms with E-state index >= 15 is 0 Å². The third kappa shape index (κ3) is 3.01. The number of benzene rings is 1. The van der Waals surface area contributed by atoms with Crippen molar-refractivity contribution in [3.63, 3.8) is 0 Å². The van der Waals surface area contributed by atoms with Crippen molar-refractivity contribution in [1.82, 2.24) is 0 Å². The summed E-state index contributed by atoms with van der Waals surface area (Å²) < 4.78 is 0. The molecule has 1 unspecified atom stereocenters. The molecule has 0 aliphatic carbocycles. The van der Waals surface area contributed by atoms with Crippen molar-refractivity contribution in [2.75, 3.05) is 30.9 Å². The van der Waals surface area contributed by atoms with Gasteiger partial charge in [-0.15, -0.1) is 0 Å². The molecule has 0 aliphatic heterocycles. The highest BCUT2D eigenvalue weighted by Crippen LogP contribution is 2.32. The lowest BCUT2D eigenvalue weighted by molar-refractivity contribution is 0.803. The normalized spacial score (nSPS) is 12.3. The van der Waals surface area contributed by atoms with Crippen molar-refractivity contribution in [3.05, 3.63) is 23.2 Å². The Morgan fingerprint density at radius 3 is 2.67 bits per heavy atom. The van der Waals surface area contributed by atoms with Crippen LogP contribution in [0.4, 0.5) is 11.4 Å². The van der Waals surface area contributed by atoms with E-state index in [1.54, 1.807) is 0 Å². The summed E-state index contributed by atoms with van der Waals surface area (Å²) >= 11 is 6.14. The van der Waals surface area contributed by atoms with Crippen LogP contribution in [0.25, 0.3) is 0 Å². The maximum Gasteiger partial charge on any atom is 0.0786 e. The zero-order chi connectivity index (χ0) is 11.4. The molecule has 4 heteroatoms. The molecule has 1 aromatic carbocycles. The number of nitrogens with one attached hydrogen (secondary N) is 1. The maximum absolute atomic E-state index is 6.14. The van der Waals surface area contributed by atoms with Crippen molar-refractivity contribution in [3.8, 4) is 0 Å². The van der Waals surface area contributed by atoms with E-state index in [1.807, 2.05) is 44.1 Å². The first-order valence-corrected chi connectivity index (χ1v) is 5.36. The van der Waals surface area contributed by atoms with E-state index in [9.17, 15) is 0 Å². The number of rotatable bonds is 4. The van der Waals surface area contributed by atoms with Gasteiger partial charge >= 0.3 is 0 Å². The summed E-state index contributed by atoms with van der Waals surface area (Å²) in [7, 11) is 3.94. The molecule has 3 nitrogen and oxygen atoms in total. The Morgan fingerprint density at radius 2 is 2.13 bits per heavy atom. The highest BCUT2D eigenvalue weighted by molar-refractivity contribution is 6.34. The average Bonchev–Trinajstić information content (AvgIpc) is 2.17. The van der Waals surface area contributed by atoms with Crippen molar-refractivity contribution >= 4 is 23.0 Å². The standard InChI is InChI=1S/C11H18ClN3/c1-8(7-13)14-10-6-4-5-9(12)11(10)15(2)3/h4-6,8,14H,7,13H2,1-3H3. The van der Waals surface area contributed by atoms with Crippen LogP contribution in [0.3, 0.4) is 0 Å². The Morgan fingerprint density at radius 1 is 1.47 bits per heavy atom. The quantitative estimate of drug-likeness (QED) is 0.829.